The Morgan fingerprint density at radius 1 is 0.879 bits per heavy atom. The molecule has 1 heterocycles. The lowest BCUT2D eigenvalue weighted by atomic mass is 10.0. The van der Waals surface area contributed by atoms with Gasteiger partial charge in [0, 0.05) is 25.5 Å². The normalized spacial score (nSPS) is 13.5. The molecule has 4 rings (SSSR count). The number of nitrogens with one attached hydrogen (secondary N) is 1. The van der Waals surface area contributed by atoms with E-state index in [1.165, 1.54) is 4.90 Å². The van der Waals surface area contributed by atoms with Crippen LogP contribution >= 0.6 is 0 Å². The van der Waals surface area contributed by atoms with E-state index in [0.29, 0.717) is 29.2 Å². The maximum absolute atomic E-state index is 13.6. The molecule has 0 saturated heterocycles. The van der Waals surface area contributed by atoms with Crippen molar-refractivity contribution in [2.24, 2.45) is 0 Å². The Kier molecular flexibility index (Phi) is 6.18. The highest BCUT2D eigenvalue weighted by Gasteiger charge is 2.40. The van der Waals surface area contributed by atoms with E-state index < -0.39 is 0 Å². The topological polar surface area (TPSA) is 61.9 Å². The third-order valence-electron chi connectivity index (χ3n) is 5.55. The smallest absolute Gasteiger partial charge is 0.282 e. The fourth-order valence-electron chi connectivity index (χ4n) is 3.82. The van der Waals surface area contributed by atoms with E-state index in [9.17, 15) is 9.59 Å². The number of amides is 2. The van der Waals surface area contributed by atoms with Crippen molar-refractivity contribution in [1.29, 1.82) is 0 Å². The Morgan fingerprint density at radius 3 is 2.15 bits per heavy atom. The summed E-state index contributed by atoms with van der Waals surface area (Å²) in [4.78, 5) is 30.4. The minimum absolute atomic E-state index is 0.255. The van der Waals surface area contributed by atoms with Crippen LogP contribution in [0.25, 0.3) is 5.57 Å². The predicted molar refractivity (Wildman–Crippen MR) is 133 cm³/mol. The summed E-state index contributed by atoms with van der Waals surface area (Å²) >= 11 is 0. The molecule has 0 bridgehead atoms. The lowest BCUT2D eigenvalue weighted by Gasteiger charge is -2.18. The Balaban J connectivity index is 1.78. The van der Waals surface area contributed by atoms with Gasteiger partial charge in [-0.1, -0.05) is 30.3 Å². The van der Waals surface area contributed by atoms with E-state index in [-0.39, 0.29) is 17.5 Å². The van der Waals surface area contributed by atoms with Crippen LogP contribution in [-0.2, 0) is 9.59 Å². The van der Waals surface area contributed by atoms with Gasteiger partial charge in [0.25, 0.3) is 11.8 Å². The maximum Gasteiger partial charge on any atom is 0.282 e. The minimum Gasteiger partial charge on any atom is -0.494 e. The third kappa shape index (κ3) is 4.32. The monoisotopic (exact) mass is 441 g/mol. The van der Waals surface area contributed by atoms with Crippen LogP contribution in [0.1, 0.15) is 18.1 Å². The molecular formula is C27H27N3O3. The van der Waals surface area contributed by atoms with Gasteiger partial charge in [0.2, 0.25) is 0 Å². The second-order valence-electron chi connectivity index (χ2n) is 8.01. The van der Waals surface area contributed by atoms with Gasteiger partial charge in [0.1, 0.15) is 11.4 Å². The molecule has 0 radical (unpaired) electrons. The first-order chi connectivity index (χ1) is 15.9. The first kappa shape index (κ1) is 22.1. The minimum atomic E-state index is -0.380. The maximum atomic E-state index is 13.6. The van der Waals surface area contributed by atoms with Crippen molar-refractivity contribution in [2.75, 3.05) is 35.8 Å². The van der Waals surface area contributed by atoms with Crippen LogP contribution in [0.3, 0.4) is 0 Å². The average molecular weight is 442 g/mol. The first-order valence-corrected chi connectivity index (χ1v) is 10.9. The summed E-state index contributed by atoms with van der Waals surface area (Å²) in [5.41, 5.74) is 4.44. The summed E-state index contributed by atoms with van der Waals surface area (Å²) in [5.74, 6) is -0.0242. The molecule has 2 amide bonds. The second-order valence-corrected chi connectivity index (χ2v) is 8.01. The van der Waals surface area contributed by atoms with Crippen molar-refractivity contribution in [3.8, 4) is 5.75 Å². The molecule has 33 heavy (non-hydrogen) atoms. The lowest BCUT2D eigenvalue weighted by molar-refractivity contribution is -0.120. The second kappa shape index (κ2) is 9.20. The number of hydrogen-bond donors (Lipinski definition) is 1. The SMILES string of the molecule is CCOc1ccc(C2=C(Nc3ccc(N(C)C)cc3)C(=O)N(c3ccccc3C)C2=O)cc1. The zero-order valence-corrected chi connectivity index (χ0v) is 19.3. The number of rotatable bonds is 7. The van der Waals surface area contributed by atoms with E-state index in [0.717, 1.165) is 16.9 Å². The molecule has 0 unspecified atom stereocenters. The molecule has 1 aliphatic heterocycles. The van der Waals surface area contributed by atoms with Crippen LogP contribution in [0.15, 0.2) is 78.5 Å². The number of benzene rings is 3. The Labute approximate surface area is 194 Å². The Hall–Kier alpha value is -4.06. The summed E-state index contributed by atoms with van der Waals surface area (Å²) in [6, 6.07) is 22.3. The molecule has 0 saturated carbocycles. The fourth-order valence-corrected chi connectivity index (χ4v) is 3.82. The number of carbonyl (C=O) groups is 2. The van der Waals surface area contributed by atoms with Crippen molar-refractivity contribution in [1.82, 2.24) is 0 Å². The standard InChI is InChI=1S/C27H27N3O3/c1-5-33-22-16-10-19(11-17-22)24-25(28-20-12-14-21(15-13-20)29(3)4)27(32)30(26(24)31)23-9-7-6-8-18(23)2/h6-17,28H,5H2,1-4H3. The van der Waals surface area contributed by atoms with E-state index in [2.05, 4.69) is 5.32 Å². The molecule has 0 spiro atoms. The van der Waals surface area contributed by atoms with Crippen molar-refractivity contribution in [3.05, 3.63) is 89.6 Å². The zero-order chi connectivity index (χ0) is 23.5. The van der Waals surface area contributed by atoms with Gasteiger partial charge in [0.15, 0.2) is 0 Å². The zero-order valence-electron chi connectivity index (χ0n) is 19.3. The van der Waals surface area contributed by atoms with Crippen LogP contribution < -0.4 is 19.9 Å². The van der Waals surface area contributed by atoms with Crippen LogP contribution in [-0.4, -0.2) is 32.5 Å². The number of aryl methyl sites for hydroxylation is 1. The molecule has 0 aromatic heterocycles. The van der Waals surface area contributed by atoms with E-state index >= 15 is 0 Å². The van der Waals surface area contributed by atoms with E-state index in [1.807, 2.05) is 99.6 Å². The van der Waals surface area contributed by atoms with E-state index in [1.54, 1.807) is 6.07 Å². The molecule has 1 N–H and O–H groups in total. The van der Waals surface area contributed by atoms with Gasteiger partial charge < -0.3 is 15.0 Å². The van der Waals surface area contributed by atoms with Gasteiger partial charge in [-0.25, -0.2) is 4.90 Å². The first-order valence-electron chi connectivity index (χ1n) is 10.9. The number of ether oxygens (including phenoxy) is 1. The van der Waals surface area contributed by atoms with Crippen LogP contribution in [0.2, 0.25) is 0 Å². The third-order valence-corrected chi connectivity index (χ3v) is 5.55. The molecule has 0 fully saturated rings. The predicted octanol–water partition coefficient (Wildman–Crippen LogP) is 4.86. The summed E-state index contributed by atoms with van der Waals surface area (Å²) in [5, 5.41) is 3.21. The number of hydrogen-bond acceptors (Lipinski definition) is 5. The summed E-state index contributed by atoms with van der Waals surface area (Å²) < 4.78 is 5.53. The Morgan fingerprint density at radius 2 is 1.55 bits per heavy atom. The molecule has 168 valence electrons. The van der Waals surface area contributed by atoms with Crippen molar-refractivity contribution >= 4 is 34.4 Å². The lowest BCUT2D eigenvalue weighted by Crippen LogP contribution is -2.33. The average Bonchev–Trinajstić information content (AvgIpc) is 3.05. The van der Waals surface area contributed by atoms with Crippen molar-refractivity contribution in [3.63, 3.8) is 0 Å². The van der Waals surface area contributed by atoms with Crippen LogP contribution in [0, 0.1) is 6.92 Å². The van der Waals surface area contributed by atoms with Gasteiger partial charge in [-0.15, -0.1) is 0 Å². The number of imide groups is 1. The van der Waals surface area contributed by atoms with Crippen LogP contribution in [0.4, 0.5) is 17.1 Å². The van der Waals surface area contributed by atoms with Gasteiger partial charge >= 0.3 is 0 Å². The number of nitrogens with zero attached hydrogens (tertiary/aromatic N) is 2. The van der Waals surface area contributed by atoms with Gasteiger partial charge in [-0.2, -0.15) is 0 Å². The number of carbonyl (C=O) groups excluding carboxylic acids is 2. The number of anilines is 3. The summed E-state index contributed by atoms with van der Waals surface area (Å²) in [6.07, 6.45) is 0. The van der Waals surface area contributed by atoms with Crippen LogP contribution in [0.5, 0.6) is 5.75 Å². The quantitative estimate of drug-likeness (QED) is 0.531. The molecule has 1 aliphatic rings. The molecule has 3 aromatic rings. The van der Waals surface area contributed by atoms with Gasteiger partial charge in [-0.05, 0) is 67.4 Å². The highest BCUT2D eigenvalue weighted by molar-refractivity contribution is 6.46. The highest BCUT2D eigenvalue weighted by atomic mass is 16.5. The molecule has 6 nitrogen and oxygen atoms in total. The molecule has 0 aliphatic carbocycles. The Bertz CT molecular complexity index is 1210. The van der Waals surface area contributed by atoms with Crippen molar-refractivity contribution in [2.45, 2.75) is 13.8 Å². The fraction of sp³-hybridized carbons (Fsp3) is 0.185. The van der Waals surface area contributed by atoms with Gasteiger partial charge in [0.05, 0.1) is 17.9 Å². The molecular weight excluding hydrogens is 414 g/mol. The highest BCUT2D eigenvalue weighted by Crippen LogP contribution is 2.35. The van der Waals surface area contributed by atoms with Gasteiger partial charge in [-0.3, -0.25) is 9.59 Å². The largest absolute Gasteiger partial charge is 0.494 e. The summed E-state index contributed by atoms with van der Waals surface area (Å²) in [7, 11) is 3.93. The number of para-hydroxylation sites is 1. The molecule has 0 atom stereocenters. The molecule has 3 aromatic carbocycles. The van der Waals surface area contributed by atoms with E-state index in [4.69, 9.17) is 4.74 Å². The molecule has 6 heteroatoms. The van der Waals surface area contributed by atoms with Crippen molar-refractivity contribution < 1.29 is 14.3 Å². The summed E-state index contributed by atoms with van der Waals surface area (Å²) in [6.45, 7) is 4.35.